The lowest BCUT2D eigenvalue weighted by Crippen LogP contribution is -2.35. The molecule has 3 heteroatoms. The number of likely N-dealkylation sites (tertiary alicyclic amines) is 1. The zero-order valence-electron chi connectivity index (χ0n) is 11.0. The Balaban J connectivity index is 1.97. The Morgan fingerprint density at radius 1 is 1.29 bits per heavy atom. The second kappa shape index (κ2) is 4.33. The summed E-state index contributed by atoms with van der Waals surface area (Å²) < 4.78 is 0. The van der Waals surface area contributed by atoms with E-state index in [4.69, 9.17) is 5.26 Å². The molecule has 1 saturated carbocycles. The number of carbonyl (C=O) groups is 1. The first-order chi connectivity index (χ1) is 7.96. The first-order valence-electron chi connectivity index (χ1n) is 6.61. The predicted molar refractivity (Wildman–Crippen MR) is 66.1 cm³/mol. The quantitative estimate of drug-likeness (QED) is 0.753. The Labute approximate surface area is 104 Å². The molecule has 0 aromatic carbocycles. The molecule has 1 amide bonds. The lowest BCUT2D eigenvalue weighted by molar-refractivity contribution is -0.131. The molecule has 1 aliphatic heterocycles. The fourth-order valence-corrected chi connectivity index (χ4v) is 2.60. The summed E-state index contributed by atoms with van der Waals surface area (Å²) >= 11 is 0. The fourth-order valence-electron chi connectivity index (χ4n) is 2.60. The van der Waals surface area contributed by atoms with Crippen LogP contribution in [0.25, 0.3) is 0 Å². The van der Waals surface area contributed by atoms with Crippen LogP contribution in [0.4, 0.5) is 0 Å². The lowest BCUT2D eigenvalue weighted by Gasteiger charge is -2.26. The van der Waals surface area contributed by atoms with Crippen molar-refractivity contribution in [3.8, 4) is 6.07 Å². The van der Waals surface area contributed by atoms with Crippen molar-refractivity contribution in [2.45, 2.75) is 52.4 Å². The number of amides is 1. The summed E-state index contributed by atoms with van der Waals surface area (Å²) in [5, 5.41) is 8.82. The monoisotopic (exact) mass is 234 g/mol. The summed E-state index contributed by atoms with van der Waals surface area (Å²) in [5.41, 5.74) is 0.440. The van der Waals surface area contributed by atoms with Crippen LogP contribution in [0.5, 0.6) is 0 Å². The second-order valence-corrected chi connectivity index (χ2v) is 6.56. The van der Waals surface area contributed by atoms with Gasteiger partial charge >= 0.3 is 0 Å². The molecule has 0 spiro atoms. The maximum Gasteiger partial charge on any atom is 0.222 e. The van der Waals surface area contributed by atoms with Crippen LogP contribution in [0.3, 0.4) is 0 Å². The summed E-state index contributed by atoms with van der Waals surface area (Å²) in [7, 11) is 0. The molecule has 0 unspecified atom stereocenters. The molecule has 2 aliphatic rings. The molecule has 0 aromatic heterocycles. The van der Waals surface area contributed by atoms with Gasteiger partial charge in [-0.3, -0.25) is 4.79 Å². The van der Waals surface area contributed by atoms with Gasteiger partial charge in [0.2, 0.25) is 5.91 Å². The van der Waals surface area contributed by atoms with Crippen LogP contribution in [0, 0.1) is 22.2 Å². The molecule has 1 saturated heterocycles. The molecule has 0 radical (unpaired) electrons. The van der Waals surface area contributed by atoms with E-state index in [2.05, 4.69) is 19.9 Å². The highest BCUT2D eigenvalue weighted by molar-refractivity contribution is 5.76. The van der Waals surface area contributed by atoms with Gasteiger partial charge in [0.05, 0.1) is 6.07 Å². The van der Waals surface area contributed by atoms with Crippen molar-refractivity contribution >= 4 is 5.91 Å². The summed E-state index contributed by atoms with van der Waals surface area (Å²) in [6, 6.07) is 2.27. The van der Waals surface area contributed by atoms with Crippen molar-refractivity contribution in [1.29, 1.82) is 5.26 Å². The third-order valence-electron chi connectivity index (χ3n) is 4.36. The van der Waals surface area contributed by atoms with Crippen LogP contribution >= 0.6 is 0 Å². The highest BCUT2D eigenvalue weighted by atomic mass is 16.2. The third kappa shape index (κ3) is 3.00. The average Bonchev–Trinajstić information content (AvgIpc) is 3.02. The SMILES string of the molecule is CC1(C)CCC(=O)N(CC2(CC#N)CC2)CC1. The van der Waals surface area contributed by atoms with E-state index in [1.165, 1.54) is 0 Å². The van der Waals surface area contributed by atoms with Gasteiger partial charge < -0.3 is 4.90 Å². The lowest BCUT2D eigenvalue weighted by atomic mass is 9.85. The van der Waals surface area contributed by atoms with Crippen LogP contribution in [0.1, 0.15) is 52.4 Å². The first kappa shape index (κ1) is 12.4. The van der Waals surface area contributed by atoms with Crippen molar-refractivity contribution < 1.29 is 4.79 Å². The van der Waals surface area contributed by atoms with Crippen molar-refractivity contribution in [2.24, 2.45) is 10.8 Å². The van der Waals surface area contributed by atoms with Gasteiger partial charge in [-0.2, -0.15) is 5.26 Å². The molecule has 17 heavy (non-hydrogen) atoms. The van der Waals surface area contributed by atoms with E-state index in [0.29, 0.717) is 18.7 Å². The minimum atomic E-state index is 0.152. The third-order valence-corrected chi connectivity index (χ3v) is 4.36. The molecule has 2 rings (SSSR count). The topological polar surface area (TPSA) is 44.1 Å². The van der Waals surface area contributed by atoms with Gasteiger partial charge in [0.15, 0.2) is 0 Å². The maximum atomic E-state index is 12.1. The maximum absolute atomic E-state index is 12.1. The van der Waals surface area contributed by atoms with Crippen LogP contribution < -0.4 is 0 Å². The average molecular weight is 234 g/mol. The number of nitriles is 1. The molecule has 0 N–H and O–H groups in total. The molecule has 0 aromatic rings. The molecule has 0 atom stereocenters. The Morgan fingerprint density at radius 2 is 2.00 bits per heavy atom. The molecule has 1 aliphatic carbocycles. The van der Waals surface area contributed by atoms with Crippen molar-refractivity contribution in [3.05, 3.63) is 0 Å². The Hall–Kier alpha value is -1.04. The minimum absolute atomic E-state index is 0.152. The largest absolute Gasteiger partial charge is 0.342 e. The summed E-state index contributed by atoms with van der Waals surface area (Å²) in [5.74, 6) is 0.291. The van der Waals surface area contributed by atoms with E-state index >= 15 is 0 Å². The number of hydrogen-bond donors (Lipinski definition) is 0. The molecular formula is C14H22N2O. The number of hydrogen-bond acceptors (Lipinski definition) is 2. The zero-order valence-corrected chi connectivity index (χ0v) is 11.0. The van der Waals surface area contributed by atoms with Crippen molar-refractivity contribution in [3.63, 3.8) is 0 Å². The second-order valence-electron chi connectivity index (χ2n) is 6.56. The van der Waals surface area contributed by atoms with Gasteiger partial charge in [-0.25, -0.2) is 0 Å². The van der Waals surface area contributed by atoms with E-state index < -0.39 is 0 Å². The van der Waals surface area contributed by atoms with Crippen LogP contribution in [-0.2, 0) is 4.79 Å². The van der Waals surface area contributed by atoms with E-state index in [1.807, 2.05) is 4.90 Å². The summed E-state index contributed by atoms with van der Waals surface area (Å²) in [6.45, 7) is 6.17. The Bertz CT molecular complexity index is 350. The van der Waals surface area contributed by atoms with Crippen LogP contribution in [0.2, 0.25) is 0 Å². The van der Waals surface area contributed by atoms with Crippen molar-refractivity contribution in [1.82, 2.24) is 4.90 Å². The van der Waals surface area contributed by atoms with Gasteiger partial charge in [-0.05, 0) is 31.1 Å². The van der Waals surface area contributed by atoms with Crippen LogP contribution in [0.15, 0.2) is 0 Å². The minimum Gasteiger partial charge on any atom is -0.342 e. The molecule has 3 nitrogen and oxygen atoms in total. The number of nitrogens with zero attached hydrogens (tertiary/aromatic N) is 2. The highest BCUT2D eigenvalue weighted by Crippen LogP contribution is 2.49. The van der Waals surface area contributed by atoms with E-state index in [1.54, 1.807) is 0 Å². The van der Waals surface area contributed by atoms with Gasteiger partial charge in [0, 0.05) is 31.3 Å². The smallest absolute Gasteiger partial charge is 0.222 e. The molecule has 1 heterocycles. The highest BCUT2D eigenvalue weighted by Gasteiger charge is 2.45. The normalized spacial score (nSPS) is 26.2. The van der Waals surface area contributed by atoms with E-state index in [0.717, 1.165) is 38.8 Å². The van der Waals surface area contributed by atoms with Gasteiger partial charge in [-0.15, -0.1) is 0 Å². The van der Waals surface area contributed by atoms with Gasteiger partial charge in [-0.1, -0.05) is 13.8 Å². The Morgan fingerprint density at radius 3 is 2.59 bits per heavy atom. The number of rotatable bonds is 3. The van der Waals surface area contributed by atoms with E-state index in [-0.39, 0.29) is 10.8 Å². The first-order valence-corrected chi connectivity index (χ1v) is 6.61. The fraction of sp³-hybridized carbons (Fsp3) is 0.857. The zero-order chi connectivity index (χ0) is 12.5. The molecular weight excluding hydrogens is 212 g/mol. The van der Waals surface area contributed by atoms with Gasteiger partial charge in [0.25, 0.3) is 0 Å². The van der Waals surface area contributed by atoms with E-state index in [9.17, 15) is 4.79 Å². The molecule has 94 valence electrons. The Kier molecular flexibility index (Phi) is 3.16. The summed E-state index contributed by atoms with van der Waals surface area (Å²) in [4.78, 5) is 14.1. The van der Waals surface area contributed by atoms with Crippen molar-refractivity contribution in [2.75, 3.05) is 13.1 Å². The predicted octanol–water partition coefficient (Wildman–Crippen LogP) is 2.72. The van der Waals surface area contributed by atoms with Gasteiger partial charge in [0.1, 0.15) is 0 Å². The molecule has 0 bridgehead atoms. The van der Waals surface area contributed by atoms with Crippen LogP contribution in [-0.4, -0.2) is 23.9 Å². The molecule has 2 fully saturated rings. The number of carbonyl (C=O) groups excluding carboxylic acids is 1. The summed E-state index contributed by atoms with van der Waals surface area (Å²) in [6.07, 6.45) is 5.60. The standard InChI is InChI=1S/C14H22N2O/c1-13(2)4-3-12(17)16(10-8-13)11-14(5-6-14)7-9-15/h3-8,10-11H2,1-2H3.